The molecule has 0 amide bonds. The van der Waals surface area contributed by atoms with Gasteiger partial charge in [0.2, 0.25) is 0 Å². The highest BCUT2D eigenvalue weighted by atomic mass is 35.5. The molecule has 0 fully saturated rings. The summed E-state index contributed by atoms with van der Waals surface area (Å²) in [5.74, 6) is 0. The zero-order valence-corrected chi connectivity index (χ0v) is 15.7. The van der Waals surface area contributed by atoms with E-state index in [-0.39, 0.29) is 0 Å². The van der Waals surface area contributed by atoms with Crippen LogP contribution < -0.4 is 5.32 Å². The molecule has 0 aliphatic heterocycles. The van der Waals surface area contributed by atoms with Crippen LogP contribution in [0.5, 0.6) is 0 Å². The Balaban J connectivity index is 2.12. The normalized spacial score (nSPS) is 11.0. The number of rotatable bonds is 6. The number of nitrogens with one attached hydrogen (secondary N) is 1. The predicted molar refractivity (Wildman–Crippen MR) is 104 cm³/mol. The van der Waals surface area contributed by atoms with Crippen LogP contribution in [0.15, 0.2) is 35.4 Å². The number of benzene rings is 1. The highest BCUT2D eigenvalue weighted by molar-refractivity contribution is 7.80. The molecule has 0 bridgehead atoms. The van der Waals surface area contributed by atoms with Gasteiger partial charge >= 0.3 is 0 Å². The first-order valence-electron chi connectivity index (χ1n) is 7.90. The fourth-order valence-electron chi connectivity index (χ4n) is 2.08. The Morgan fingerprint density at radius 2 is 2.12 bits per heavy atom. The number of hydrogen-bond acceptors (Lipinski definition) is 3. The number of para-hydroxylation sites is 1. The molecule has 1 aromatic carbocycles. The molecule has 7 heteroatoms. The van der Waals surface area contributed by atoms with Gasteiger partial charge < -0.3 is 5.32 Å². The maximum atomic E-state index is 6.47. The summed E-state index contributed by atoms with van der Waals surface area (Å²) in [6.07, 6.45) is 3.89. The summed E-state index contributed by atoms with van der Waals surface area (Å²) in [7, 11) is 1.81. The average molecular weight is 364 g/mol. The Hall–Kier alpha value is -1.92. The number of hydrogen-bond donors (Lipinski definition) is 1. The fourth-order valence-corrected chi connectivity index (χ4v) is 2.55. The molecule has 0 spiro atoms. The van der Waals surface area contributed by atoms with Crippen LogP contribution in [0, 0.1) is 6.92 Å². The van der Waals surface area contributed by atoms with Gasteiger partial charge in [-0.2, -0.15) is 10.2 Å². The number of halogens is 1. The van der Waals surface area contributed by atoms with E-state index in [2.05, 4.69) is 22.4 Å². The lowest BCUT2D eigenvalue weighted by atomic mass is 10.3. The number of nitrogens with zero attached hydrogens (tertiary/aromatic N) is 4. The molecule has 0 radical (unpaired) electrons. The first kappa shape index (κ1) is 18.4. The summed E-state index contributed by atoms with van der Waals surface area (Å²) in [5, 5.41) is 14.8. The van der Waals surface area contributed by atoms with Gasteiger partial charge in [-0.3, -0.25) is 0 Å². The van der Waals surface area contributed by atoms with Crippen LogP contribution in [-0.4, -0.2) is 39.7 Å². The second-order valence-corrected chi connectivity index (χ2v) is 6.14. The van der Waals surface area contributed by atoms with Crippen molar-refractivity contribution in [1.82, 2.24) is 20.1 Å². The van der Waals surface area contributed by atoms with Crippen LogP contribution >= 0.6 is 23.8 Å². The first-order chi connectivity index (χ1) is 11.5. The maximum absolute atomic E-state index is 6.47. The van der Waals surface area contributed by atoms with Crippen LogP contribution in [0.4, 0.5) is 0 Å². The first-order valence-corrected chi connectivity index (χ1v) is 8.69. The Morgan fingerprint density at radius 1 is 1.42 bits per heavy atom. The van der Waals surface area contributed by atoms with E-state index in [0.717, 1.165) is 36.3 Å². The summed E-state index contributed by atoms with van der Waals surface area (Å²) in [4.78, 5) is 0. The minimum atomic E-state index is 0.528. The van der Waals surface area contributed by atoms with E-state index < -0.39 is 0 Å². The van der Waals surface area contributed by atoms with Gasteiger partial charge in [0.1, 0.15) is 5.15 Å². The Labute approximate surface area is 153 Å². The lowest BCUT2D eigenvalue weighted by molar-refractivity contribution is 0.530. The quantitative estimate of drug-likeness (QED) is 0.367. The van der Waals surface area contributed by atoms with Gasteiger partial charge in [-0.1, -0.05) is 43.1 Å². The molecule has 1 N–H and O–H groups in total. The van der Waals surface area contributed by atoms with Crippen molar-refractivity contribution >= 4 is 35.1 Å². The number of aromatic nitrogens is 2. The van der Waals surface area contributed by atoms with E-state index in [1.54, 1.807) is 15.9 Å². The maximum Gasteiger partial charge on any atom is 0.189 e. The van der Waals surface area contributed by atoms with E-state index in [1.807, 2.05) is 44.3 Å². The molecule has 1 heterocycles. The van der Waals surface area contributed by atoms with E-state index in [4.69, 9.17) is 23.8 Å². The fraction of sp³-hybridized carbons (Fsp3) is 0.353. The standard InChI is InChI=1S/C17H22ClN5S/c1-4-5-11-19-17(24)22(3)20-12-15-13(2)21-23(16(15)18)14-9-7-6-8-10-14/h6-10,12H,4-5,11H2,1-3H3,(H,19,24)/b20-12-. The third-order valence-corrected chi connectivity index (χ3v) is 4.28. The Bertz CT molecular complexity index is 711. The van der Waals surface area contributed by atoms with Crippen LogP contribution in [0.25, 0.3) is 5.69 Å². The third-order valence-electron chi connectivity index (χ3n) is 3.51. The highest BCUT2D eigenvalue weighted by Gasteiger charge is 2.13. The lowest BCUT2D eigenvalue weighted by Crippen LogP contribution is -2.34. The van der Waals surface area contributed by atoms with Crippen LogP contribution in [0.2, 0.25) is 5.15 Å². The van der Waals surface area contributed by atoms with Gasteiger partial charge in [0.15, 0.2) is 5.11 Å². The predicted octanol–water partition coefficient (Wildman–Crippen LogP) is 3.77. The lowest BCUT2D eigenvalue weighted by Gasteiger charge is -2.15. The van der Waals surface area contributed by atoms with Gasteiger partial charge in [0.25, 0.3) is 0 Å². The van der Waals surface area contributed by atoms with Crippen molar-refractivity contribution in [2.75, 3.05) is 13.6 Å². The monoisotopic (exact) mass is 363 g/mol. The zero-order valence-electron chi connectivity index (χ0n) is 14.2. The van der Waals surface area contributed by atoms with E-state index in [0.29, 0.717) is 10.3 Å². The van der Waals surface area contributed by atoms with Crippen LogP contribution in [0.3, 0.4) is 0 Å². The van der Waals surface area contributed by atoms with Crippen molar-refractivity contribution in [3.63, 3.8) is 0 Å². The summed E-state index contributed by atoms with van der Waals surface area (Å²) in [6.45, 7) is 4.90. The summed E-state index contributed by atoms with van der Waals surface area (Å²) < 4.78 is 1.70. The van der Waals surface area contributed by atoms with Gasteiger partial charge in [-0.25, -0.2) is 9.69 Å². The number of aryl methyl sites for hydroxylation is 1. The number of hydrazone groups is 1. The third kappa shape index (κ3) is 4.55. The van der Waals surface area contributed by atoms with Gasteiger partial charge in [-0.15, -0.1) is 0 Å². The van der Waals surface area contributed by atoms with Crippen molar-refractivity contribution in [3.8, 4) is 5.69 Å². The molecule has 0 saturated heterocycles. The summed E-state index contributed by atoms with van der Waals surface area (Å²) in [6, 6.07) is 9.77. The second kappa shape index (κ2) is 8.80. The van der Waals surface area contributed by atoms with Crippen molar-refractivity contribution < 1.29 is 0 Å². The molecule has 5 nitrogen and oxygen atoms in total. The van der Waals surface area contributed by atoms with E-state index >= 15 is 0 Å². The molecule has 2 aromatic rings. The smallest absolute Gasteiger partial charge is 0.189 e. The minimum Gasteiger partial charge on any atom is -0.361 e. The average Bonchev–Trinajstić information content (AvgIpc) is 2.88. The summed E-state index contributed by atoms with van der Waals surface area (Å²) >= 11 is 11.8. The van der Waals surface area contributed by atoms with Crippen LogP contribution in [0.1, 0.15) is 31.0 Å². The highest BCUT2D eigenvalue weighted by Crippen LogP contribution is 2.21. The molecule has 128 valence electrons. The zero-order chi connectivity index (χ0) is 17.5. The SMILES string of the molecule is CCCCNC(=S)N(C)/N=C\c1c(C)nn(-c2ccccc2)c1Cl. The topological polar surface area (TPSA) is 45.4 Å². The molecule has 0 unspecified atom stereocenters. The minimum absolute atomic E-state index is 0.528. The molecule has 0 saturated carbocycles. The molecule has 24 heavy (non-hydrogen) atoms. The van der Waals surface area contributed by atoms with Crippen molar-refractivity contribution in [3.05, 3.63) is 46.7 Å². The van der Waals surface area contributed by atoms with Crippen molar-refractivity contribution in [2.24, 2.45) is 5.10 Å². The number of thiocarbonyl (C=S) groups is 1. The molecule has 0 aliphatic rings. The van der Waals surface area contributed by atoms with Crippen LogP contribution in [-0.2, 0) is 0 Å². The Morgan fingerprint density at radius 3 is 2.79 bits per heavy atom. The Kier molecular flexibility index (Phi) is 6.75. The van der Waals surface area contributed by atoms with Crippen molar-refractivity contribution in [2.45, 2.75) is 26.7 Å². The van der Waals surface area contributed by atoms with Gasteiger partial charge in [0, 0.05) is 13.6 Å². The molecular formula is C17H22ClN5S. The molecule has 2 rings (SSSR count). The second-order valence-electron chi connectivity index (χ2n) is 5.39. The molecular weight excluding hydrogens is 342 g/mol. The largest absolute Gasteiger partial charge is 0.361 e. The summed E-state index contributed by atoms with van der Waals surface area (Å²) in [5.41, 5.74) is 2.50. The van der Waals surface area contributed by atoms with E-state index in [9.17, 15) is 0 Å². The molecule has 1 aromatic heterocycles. The molecule has 0 aliphatic carbocycles. The molecule has 0 atom stereocenters. The van der Waals surface area contributed by atoms with E-state index in [1.165, 1.54) is 0 Å². The number of unbranched alkanes of at least 4 members (excludes halogenated alkanes) is 1. The van der Waals surface area contributed by atoms with Gasteiger partial charge in [-0.05, 0) is 37.7 Å². The van der Waals surface area contributed by atoms with Gasteiger partial charge in [0.05, 0.1) is 23.2 Å². The van der Waals surface area contributed by atoms with Crippen molar-refractivity contribution in [1.29, 1.82) is 0 Å².